The third-order valence-electron chi connectivity index (χ3n) is 1.59. The van der Waals surface area contributed by atoms with Crippen LogP contribution < -0.4 is 5.32 Å². The maximum atomic E-state index is 13.1. The SMILES string of the molecule is COC(=O)/C=C/Nc1cc(Br)ccc1F. The second-order valence-electron chi connectivity index (χ2n) is 2.62. The quantitative estimate of drug-likeness (QED) is 0.680. The molecule has 1 N–H and O–H groups in total. The van der Waals surface area contributed by atoms with E-state index in [4.69, 9.17) is 0 Å². The van der Waals surface area contributed by atoms with Crippen LogP contribution in [0.3, 0.4) is 0 Å². The average molecular weight is 274 g/mol. The smallest absolute Gasteiger partial charge is 0.331 e. The maximum Gasteiger partial charge on any atom is 0.331 e. The van der Waals surface area contributed by atoms with E-state index in [0.29, 0.717) is 0 Å². The zero-order chi connectivity index (χ0) is 11.3. The minimum absolute atomic E-state index is 0.282. The Hall–Kier alpha value is -1.36. The summed E-state index contributed by atoms with van der Waals surface area (Å²) in [6.07, 6.45) is 2.48. The summed E-state index contributed by atoms with van der Waals surface area (Å²) in [5.74, 6) is -0.898. The number of carbonyl (C=O) groups excluding carboxylic acids is 1. The van der Waals surface area contributed by atoms with E-state index >= 15 is 0 Å². The summed E-state index contributed by atoms with van der Waals surface area (Å²) in [5.41, 5.74) is 0.282. The second kappa shape index (κ2) is 5.50. The molecule has 0 fully saturated rings. The molecule has 0 aliphatic carbocycles. The van der Waals surface area contributed by atoms with E-state index in [-0.39, 0.29) is 5.69 Å². The molecule has 0 unspecified atom stereocenters. The van der Waals surface area contributed by atoms with E-state index in [0.717, 1.165) is 4.47 Å². The highest BCUT2D eigenvalue weighted by Gasteiger charge is 2.00. The van der Waals surface area contributed by atoms with Gasteiger partial charge in [0.1, 0.15) is 5.82 Å². The fourth-order valence-electron chi connectivity index (χ4n) is 0.876. The number of nitrogens with one attached hydrogen (secondary N) is 1. The number of rotatable bonds is 3. The van der Waals surface area contributed by atoms with Crippen LogP contribution in [0.5, 0.6) is 0 Å². The van der Waals surface area contributed by atoms with Crippen LogP contribution in [0.4, 0.5) is 10.1 Å². The first kappa shape index (κ1) is 11.7. The van der Waals surface area contributed by atoms with Gasteiger partial charge in [0.05, 0.1) is 12.8 Å². The third kappa shape index (κ3) is 3.71. The Balaban J connectivity index is 2.68. The number of halogens is 2. The maximum absolute atomic E-state index is 13.1. The van der Waals surface area contributed by atoms with Crippen molar-refractivity contribution >= 4 is 27.6 Å². The van der Waals surface area contributed by atoms with Crippen LogP contribution in [-0.4, -0.2) is 13.1 Å². The summed E-state index contributed by atoms with van der Waals surface area (Å²) in [4.78, 5) is 10.7. The Morgan fingerprint density at radius 3 is 3.00 bits per heavy atom. The van der Waals surface area contributed by atoms with E-state index < -0.39 is 11.8 Å². The fraction of sp³-hybridized carbons (Fsp3) is 0.100. The number of hydrogen-bond donors (Lipinski definition) is 1. The Kier molecular flexibility index (Phi) is 4.30. The number of anilines is 1. The van der Waals surface area contributed by atoms with Gasteiger partial charge >= 0.3 is 5.97 Å². The Labute approximate surface area is 95.1 Å². The second-order valence-corrected chi connectivity index (χ2v) is 3.54. The van der Waals surface area contributed by atoms with Crippen LogP contribution in [-0.2, 0) is 9.53 Å². The van der Waals surface area contributed by atoms with Crippen LogP contribution >= 0.6 is 15.9 Å². The lowest BCUT2D eigenvalue weighted by Crippen LogP contribution is -1.97. The van der Waals surface area contributed by atoms with E-state index in [1.54, 1.807) is 12.1 Å². The highest BCUT2D eigenvalue weighted by atomic mass is 79.9. The molecule has 0 saturated heterocycles. The van der Waals surface area contributed by atoms with Crippen LogP contribution in [0.25, 0.3) is 0 Å². The minimum Gasteiger partial charge on any atom is -0.466 e. The summed E-state index contributed by atoms with van der Waals surface area (Å²) < 4.78 is 18.3. The van der Waals surface area contributed by atoms with Crippen molar-refractivity contribution in [1.82, 2.24) is 0 Å². The Bertz CT molecular complexity index is 393. The fourth-order valence-corrected chi connectivity index (χ4v) is 1.24. The molecule has 3 nitrogen and oxygen atoms in total. The van der Waals surface area contributed by atoms with Crippen molar-refractivity contribution in [3.8, 4) is 0 Å². The molecular weight excluding hydrogens is 265 g/mol. The molecule has 0 aliphatic heterocycles. The van der Waals surface area contributed by atoms with Crippen molar-refractivity contribution in [2.75, 3.05) is 12.4 Å². The lowest BCUT2D eigenvalue weighted by Gasteiger charge is -2.02. The topological polar surface area (TPSA) is 38.3 Å². The molecule has 1 rings (SSSR count). The van der Waals surface area contributed by atoms with Gasteiger partial charge in [0.15, 0.2) is 0 Å². The van der Waals surface area contributed by atoms with Gasteiger partial charge < -0.3 is 10.1 Å². The first-order chi connectivity index (χ1) is 7.13. The minimum atomic E-state index is -0.502. The van der Waals surface area contributed by atoms with Crippen LogP contribution in [0, 0.1) is 5.82 Å². The van der Waals surface area contributed by atoms with Crippen molar-refractivity contribution in [2.24, 2.45) is 0 Å². The van der Waals surface area contributed by atoms with Crippen molar-refractivity contribution in [3.63, 3.8) is 0 Å². The molecule has 0 amide bonds. The van der Waals surface area contributed by atoms with Crippen molar-refractivity contribution in [1.29, 1.82) is 0 Å². The average Bonchev–Trinajstić information content (AvgIpc) is 2.23. The molecule has 0 aliphatic rings. The van der Waals surface area contributed by atoms with Crippen LogP contribution in [0.1, 0.15) is 0 Å². The molecule has 0 bridgehead atoms. The summed E-state index contributed by atoms with van der Waals surface area (Å²) in [6, 6.07) is 4.47. The molecule has 0 spiro atoms. The van der Waals surface area contributed by atoms with E-state index in [1.807, 2.05) is 0 Å². The van der Waals surface area contributed by atoms with Gasteiger partial charge in [-0.25, -0.2) is 9.18 Å². The third-order valence-corrected chi connectivity index (χ3v) is 2.08. The largest absolute Gasteiger partial charge is 0.466 e. The number of benzene rings is 1. The number of esters is 1. The van der Waals surface area contributed by atoms with Gasteiger partial charge in [0.2, 0.25) is 0 Å². The van der Waals surface area contributed by atoms with Crippen LogP contribution in [0.2, 0.25) is 0 Å². The number of carbonyl (C=O) groups is 1. The van der Waals surface area contributed by atoms with Gasteiger partial charge in [-0.15, -0.1) is 0 Å². The summed E-state index contributed by atoms with van der Waals surface area (Å²) in [7, 11) is 1.27. The molecular formula is C10H9BrFNO2. The lowest BCUT2D eigenvalue weighted by molar-refractivity contribution is -0.134. The van der Waals surface area contributed by atoms with Crippen LogP contribution in [0.15, 0.2) is 34.9 Å². The molecule has 0 atom stereocenters. The van der Waals surface area contributed by atoms with Crippen molar-refractivity contribution in [2.45, 2.75) is 0 Å². The highest BCUT2D eigenvalue weighted by Crippen LogP contribution is 2.19. The molecule has 80 valence electrons. The highest BCUT2D eigenvalue weighted by molar-refractivity contribution is 9.10. The van der Waals surface area contributed by atoms with E-state index in [2.05, 4.69) is 26.0 Å². The standard InChI is InChI=1S/C10H9BrFNO2/c1-15-10(14)4-5-13-9-6-7(11)2-3-8(9)12/h2-6,13H,1H3/b5-4+. The number of ether oxygens (including phenoxy) is 1. The summed E-state index contributed by atoms with van der Waals surface area (Å²) in [6.45, 7) is 0. The summed E-state index contributed by atoms with van der Waals surface area (Å²) >= 11 is 3.21. The lowest BCUT2D eigenvalue weighted by atomic mass is 10.3. The zero-order valence-corrected chi connectivity index (χ0v) is 9.55. The molecule has 0 radical (unpaired) electrons. The van der Waals surface area contributed by atoms with Crippen molar-refractivity contribution in [3.05, 3.63) is 40.8 Å². The predicted molar refractivity (Wildman–Crippen MR) is 58.9 cm³/mol. The van der Waals surface area contributed by atoms with E-state index in [1.165, 1.54) is 25.5 Å². The predicted octanol–water partition coefficient (Wildman–Crippen LogP) is 2.69. The molecule has 1 aromatic carbocycles. The van der Waals surface area contributed by atoms with Gasteiger partial charge in [-0.05, 0) is 18.2 Å². The van der Waals surface area contributed by atoms with Gasteiger partial charge in [-0.2, -0.15) is 0 Å². The number of hydrogen-bond acceptors (Lipinski definition) is 3. The molecule has 1 aromatic rings. The van der Waals surface area contributed by atoms with Gasteiger partial charge in [0, 0.05) is 16.7 Å². The summed E-state index contributed by atoms with van der Waals surface area (Å²) in [5, 5.41) is 2.63. The number of methoxy groups -OCH3 is 1. The Morgan fingerprint density at radius 2 is 2.33 bits per heavy atom. The monoisotopic (exact) mass is 273 g/mol. The van der Waals surface area contributed by atoms with Gasteiger partial charge in [-0.1, -0.05) is 15.9 Å². The van der Waals surface area contributed by atoms with E-state index in [9.17, 15) is 9.18 Å². The van der Waals surface area contributed by atoms with Gasteiger partial charge in [-0.3, -0.25) is 0 Å². The zero-order valence-electron chi connectivity index (χ0n) is 7.96. The first-order valence-corrected chi connectivity index (χ1v) is 4.89. The molecule has 5 heteroatoms. The normalized spacial score (nSPS) is 10.3. The Morgan fingerprint density at radius 1 is 1.60 bits per heavy atom. The first-order valence-electron chi connectivity index (χ1n) is 4.09. The van der Waals surface area contributed by atoms with Gasteiger partial charge in [0.25, 0.3) is 0 Å². The molecule has 0 saturated carbocycles. The molecule has 0 aromatic heterocycles. The molecule has 15 heavy (non-hydrogen) atoms. The van der Waals surface area contributed by atoms with Crippen molar-refractivity contribution < 1.29 is 13.9 Å². The molecule has 0 heterocycles.